The SMILES string of the molecule is CCc1ccccc1C(Cc1ccccc1Br)NC. The highest BCUT2D eigenvalue weighted by molar-refractivity contribution is 9.10. The van der Waals surface area contributed by atoms with Gasteiger partial charge < -0.3 is 5.32 Å². The molecule has 2 aromatic rings. The van der Waals surface area contributed by atoms with Crippen LogP contribution >= 0.6 is 15.9 Å². The zero-order valence-corrected chi connectivity index (χ0v) is 13.1. The fraction of sp³-hybridized carbons (Fsp3) is 0.294. The van der Waals surface area contributed by atoms with E-state index in [1.165, 1.54) is 21.2 Å². The molecule has 0 heterocycles. The molecule has 0 aliphatic rings. The van der Waals surface area contributed by atoms with E-state index in [1.807, 2.05) is 7.05 Å². The first-order chi connectivity index (χ1) is 9.26. The highest BCUT2D eigenvalue weighted by atomic mass is 79.9. The summed E-state index contributed by atoms with van der Waals surface area (Å²) in [5.74, 6) is 0. The van der Waals surface area contributed by atoms with Gasteiger partial charge in [0.15, 0.2) is 0 Å². The summed E-state index contributed by atoms with van der Waals surface area (Å²) in [6.07, 6.45) is 2.07. The number of aryl methyl sites for hydroxylation is 1. The van der Waals surface area contributed by atoms with Gasteiger partial charge in [0, 0.05) is 10.5 Å². The standard InChI is InChI=1S/C17H20BrN/c1-3-13-8-4-6-10-15(13)17(19-2)12-14-9-5-7-11-16(14)18/h4-11,17,19H,3,12H2,1-2H3. The minimum atomic E-state index is 0.356. The molecule has 1 unspecified atom stereocenters. The molecule has 0 spiro atoms. The number of hydrogen-bond acceptors (Lipinski definition) is 1. The van der Waals surface area contributed by atoms with Gasteiger partial charge in [0.05, 0.1) is 0 Å². The fourth-order valence-electron chi connectivity index (χ4n) is 2.45. The van der Waals surface area contributed by atoms with E-state index in [2.05, 4.69) is 76.7 Å². The average molecular weight is 318 g/mol. The molecule has 0 saturated carbocycles. The number of likely N-dealkylation sites (N-methyl/N-ethyl adjacent to an activating group) is 1. The Balaban J connectivity index is 2.28. The third kappa shape index (κ3) is 3.46. The van der Waals surface area contributed by atoms with Gasteiger partial charge in [0.25, 0.3) is 0 Å². The van der Waals surface area contributed by atoms with E-state index in [-0.39, 0.29) is 0 Å². The monoisotopic (exact) mass is 317 g/mol. The zero-order chi connectivity index (χ0) is 13.7. The number of hydrogen-bond donors (Lipinski definition) is 1. The molecule has 0 aliphatic heterocycles. The molecule has 0 radical (unpaired) electrons. The summed E-state index contributed by atoms with van der Waals surface area (Å²) in [7, 11) is 2.04. The maximum absolute atomic E-state index is 3.63. The van der Waals surface area contributed by atoms with Crippen molar-refractivity contribution in [3.05, 3.63) is 69.7 Å². The van der Waals surface area contributed by atoms with Gasteiger partial charge in [0.2, 0.25) is 0 Å². The Hall–Kier alpha value is -1.12. The quantitative estimate of drug-likeness (QED) is 0.855. The van der Waals surface area contributed by atoms with Crippen molar-refractivity contribution in [1.82, 2.24) is 5.32 Å². The smallest absolute Gasteiger partial charge is 0.0361 e. The first kappa shape index (κ1) is 14.3. The molecule has 0 aliphatic carbocycles. The molecular weight excluding hydrogens is 298 g/mol. The van der Waals surface area contributed by atoms with Crippen LogP contribution < -0.4 is 5.32 Å². The van der Waals surface area contributed by atoms with Crippen LogP contribution in [0.1, 0.15) is 29.7 Å². The number of nitrogens with one attached hydrogen (secondary N) is 1. The molecule has 100 valence electrons. The van der Waals surface area contributed by atoms with Crippen LogP contribution in [-0.4, -0.2) is 7.05 Å². The number of halogens is 1. The van der Waals surface area contributed by atoms with Gasteiger partial charge in [-0.1, -0.05) is 65.3 Å². The number of rotatable bonds is 5. The second-order valence-electron chi connectivity index (χ2n) is 4.69. The Bertz CT molecular complexity index is 536. The normalized spacial score (nSPS) is 12.4. The highest BCUT2D eigenvalue weighted by Crippen LogP contribution is 2.25. The fourth-order valence-corrected chi connectivity index (χ4v) is 2.89. The molecule has 19 heavy (non-hydrogen) atoms. The van der Waals surface area contributed by atoms with E-state index >= 15 is 0 Å². The molecule has 1 nitrogen and oxygen atoms in total. The molecule has 1 N–H and O–H groups in total. The van der Waals surface area contributed by atoms with E-state index < -0.39 is 0 Å². The van der Waals surface area contributed by atoms with Crippen molar-refractivity contribution in [3.8, 4) is 0 Å². The van der Waals surface area contributed by atoms with Crippen molar-refractivity contribution >= 4 is 15.9 Å². The third-order valence-corrected chi connectivity index (χ3v) is 4.32. The lowest BCUT2D eigenvalue weighted by molar-refractivity contribution is 0.586. The highest BCUT2D eigenvalue weighted by Gasteiger charge is 2.14. The Labute approximate surface area is 124 Å². The lowest BCUT2D eigenvalue weighted by Gasteiger charge is -2.20. The maximum Gasteiger partial charge on any atom is 0.0361 e. The van der Waals surface area contributed by atoms with Crippen LogP contribution in [0.2, 0.25) is 0 Å². The van der Waals surface area contributed by atoms with Gasteiger partial charge in [-0.05, 0) is 42.6 Å². The first-order valence-corrected chi connectivity index (χ1v) is 7.54. The topological polar surface area (TPSA) is 12.0 Å². The van der Waals surface area contributed by atoms with E-state index in [0.29, 0.717) is 6.04 Å². The largest absolute Gasteiger partial charge is 0.313 e. The van der Waals surface area contributed by atoms with E-state index in [9.17, 15) is 0 Å². The van der Waals surface area contributed by atoms with Crippen LogP contribution in [0.15, 0.2) is 53.0 Å². The summed E-state index contributed by atoms with van der Waals surface area (Å²) in [5.41, 5.74) is 4.17. The summed E-state index contributed by atoms with van der Waals surface area (Å²) in [4.78, 5) is 0. The predicted octanol–water partition coefficient (Wildman–Crippen LogP) is 4.51. The van der Waals surface area contributed by atoms with E-state index in [0.717, 1.165) is 12.8 Å². The van der Waals surface area contributed by atoms with Crippen LogP contribution in [0.3, 0.4) is 0 Å². The third-order valence-electron chi connectivity index (χ3n) is 3.54. The molecule has 2 aromatic carbocycles. The van der Waals surface area contributed by atoms with Gasteiger partial charge in [0.1, 0.15) is 0 Å². The Morgan fingerprint density at radius 3 is 2.26 bits per heavy atom. The van der Waals surface area contributed by atoms with Crippen molar-refractivity contribution in [2.75, 3.05) is 7.05 Å². The van der Waals surface area contributed by atoms with Crippen LogP contribution in [0.4, 0.5) is 0 Å². The van der Waals surface area contributed by atoms with E-state index in [1.54, 1.807) is 0 Å². The molecule has 1 atom stereocenters. The minimum absolute atomic E-state index is 0.356. The summed E-state index contributed by atoms with van der Waals surface area (Å²) in [5, 5.41) is 3.45. The van der Waals surface area contributed by atoms with Gasteiger partial charge in [-0.2, -0.15) is 0 Å². The molecule has 2 rings (SSSR count). The molecule has 0 bridgehead atoms. The average Bonchev–Trinajstić information content (AvgIpc) is 2.46. The van der Waals surface area contributed by atoms with Crippen LogP contribution in [0.25, 0.3) is 0 Å². The van der Waals surface area contributed by atoms with E-state index in [4.69, 9.17) is 0 Å². The van der Waals surface area contributed by atoms with Gasteiger partial charge >= 0.3 is 0 Å². The van der Waals surface area contributed by atoms with Gasteiger partial charge in [-0.15, -0.1) is 0 Å². The molecule has 0 amide bonds. The lowest BCUT2D eigenvalue weighted by Crippen LogP contribution is -2.20. The van der Waals surface area contributed by atoms with Crippen LogP contribution in [0.5, 0.6) is 0 Å². The van der Waals surface area contributed by atoms with Crippen molar-refractivity contribution in [2.24, 2.45) is 0 Å². The molecule has 2 heteroatoms. The van der Waals surface area contributed by atoms with Crippen molar-refractivity contribution in [3.63, 3.8) is 0 Å². The Morgan fingerprint density at radius 1 is 1.00 bits per heavy atom. The minimum Gasteiger partial charge on any atom is -0.313 e. The predicted molar refractivity (Wildman–Crippen MR) is 85.5 cm³/mol. The molecule has 0 fully saturated rings. The van der Waals surface area contributed by atoms with Gasteiger partial charge in [-0.25, -0.2) is 0 Å². The first-order valence-electron chi connectivity index (χ1n) is 6.74. The van der Waals surface area contributed by atoms with Gasteiger partial charge in [-0.3, -0.25) is 0 Å². The number of benzene rings is 2. The molecular formula is C17H20BrN. The second kappa shape index (κ2) is 6.88. The maximum atomic E-state index is 3.63. The van der Waals surface area contributed by atoms with Crippen LogP contribution in [0, 0.1) is 0 Å². The zero-order valence-electron chi connectivity index (χ0n) is 11.5. The Kier molecular flexibility index (Phi) is 5.17. The van der Waals surface area contributed by atoms with Crippen LogP contribution in [-0.2, 0) is 12.8 Å². The summed E-state index contributed by atoms with van der Waals surface area (Å²) < 4.78 is 1.18. The lowest BCUT2D eigenvalue weighted by atomic mass is 9.94. The summed E-state index contributed by atoms with van der Waals surface area (Å²) >= 11 is 3.63. The van der Waals surface area contributed by atoms with Crippen molar-refractivity contribution < 1.29 is 0 Å². The van der Waals surface area contributed by atoms with Crippen molar-refractivity contribution in [2.45, 2.75) is 25.8 Å². The van der Waals surface area contributed by atoms with Crippen molar-refractivity contribution in [1.29, 1.82) is 0 Å². The Morgan fingerprint density at radius 2 is 1.63 bits per heavy atom. The molecule has 0 saturated heterocycles. The molecule has 0 aromatic heterocycles. The summed E-state index contributed by atoms with van der Waals surface area (Å²) in [6, 6.07) is 17.5. The summed E-state index contributed by atoms with van der Waals surface area (Å²) in [6.45, 7) is 2.21. The second-order valence-corrected chi connectivity index (χ2v) is 5.54.